The molecule has 2 fully saturated rings. The summed E-state index contributed by atoms with van der Waals surface area (Å²) in [7, 11) is 1.93. The second-order valence-corrected chi connectivity index (χ2v) is 14.2. The lowest BCUT2D eigenvalue weighted by Gasteiger charge is -2.40. The van der Waals surface area contributed by atoms with Crippen LogP contribution in [0.2, 0.25) is 5.02 Å². The number of likely N-dealkylation sites (tertiary alicyclic amines) is 1. The number of hydrogen-bond acceptors (Lipinski definition) is 12. The van der Waals surface area contributed by atoms with Crippen molar-refractivity contribution in [3.8, 4) is 23.2 Å². The van der Waals surface area contributed by atoms with Crippen molar-refractivity contribution in [2.24, 2.45) is 5.41 Å². The molecule has 0 bridgehead atoms. The van der Waals surface area contributed by atoms with Crippen molar-refractivity contribution in [1.29, 1.82) is 5.26 Å². The molecule has 2 aromatic heterocycles. The number of nitrogens with two attached hydrogens (primary N) is 1. The molecule has 4 aromatic rings. The van der Waals surface area contributed by atoms with Crippen LogP contribution in [-0.2, 0) is 14.3 Å². The number of nitrogen functional groups attached to an aromatic ring is 1. The fraction of sp³-hybridized carbons (Fsp3) is 0.382. The van der Waals surface area contributed by atoms with Gasteiger partial charge in [0, 0.05) is 51.6 Å². The molecular formula is C34H36ClF3N6O7S. The van der Waals surface area contributed by atoms with E-state index in [1.807, 2.05) is 20.0 Å². The number of fused-ring (bicyclic) bond motifs is 2. The summed E-state index contributed by atoms with van der Waals surface area (Å²) >= 11 is 7.82. The molecule has 52 heavy (non-hydrogen) atoms. The molecule has 5 N–H and O–H groups in total. The van der Waals surface area contributed by atoms with Crippen molar-refractivity contribution >= 4 is 67.7 Å². The summed E-state index contributed by atoms with van der Waals surface area (Å²) in [5, 5.41) is 34.9. The maximum atomic E-state index is 16.9. The first-order valence-corrected chi connectivity index (χ1v) is 16.8. The Labute approximate surface area is 305 Å². The molecule has 0 spiro atoms. The first-order valence-electron chi connectivity index (χ1n) is 15.6. The van der Waals surface area contributed by atoms with E-state index in [2.05, 4.69) is 14.9 Å². The number of anilines is 2. The molecule has 4 heterocycles. The van der Waals surface area contributed by atoms with Crippen LogP contribution in [-0.4, -0.2) is 102 Å². The Bertz CT molecular complexity index is 2040. The number of thiophene rings is 1. The summed E-state index contributed by atoms with van der Waals surface area (Å²) in [4.78, 5) is 29.6. The van der Waals surface area contributed by atoms with Crippen molar-refractivity contribution in [1.82, 2.24) is 14.9 Å². The van der Waals surface area contributed by atoms with Crippen LogP contribution in [0, 0.1) is 28.4 Å². The van der Waals surface area contributed by atoms with E-state index < -0.39 is 22.7 Å². The third kappa shape index (κ3) is 8.32. The van der Waals surface area contributed by atoms with E-state index in [4.69, 9.17) is 46.6 Å². The van der Waals surface area contributed by atoms with Crippen molar-refractivity contribution in [2.45, 2.75) is 25.9 Å². The molecule has 2 atom stereocenters. The highest BCUT2D eigenvalue weighted by molar-refractivity contribution is 7.23. The number of β-amino-alcohol motifs (C(OH)–C–C–N with tert-alkyl or cyclic N) is 1. The molecule has 13 nitrogen and oxygen atoms in total. The molecule has 0 amide bonds. The van der Waals surface area contributed by atoms with Crippen molar-refractivity contribution in [2.75, 3.05) is 63.7 Å². The first-order chi connectivity index (χ1) is 24.7. The Hall–Kier alpha value is -4.73. The zero-order chi connectivity index (χ0) is 38.4. The van der Waals surface area contributed by atoms with Gasteiger partial charge in [-0.15, -0.1) is 11.3 Å². The molecule has 18 heteroatoms. The van der Waals surface area contributed by atoms with Crippen LogP contribution in [0.4, 0.5) is 24.0 Å². The molecule has 6 rings (SSSR count). The maximum absolute atomic E-state index is 16.9. The van der Waals surface area contributed by atoms with E-state index in [1.54, 1.807) is 11.8 Å². The fourth-order valence-electron chi connectivity index (χ4n) is 6.36. The number of piperidine rings is 1. The fourth-order valence-corrected chi connectivity index (χ4v) is 7.57. The van der Waals surface area contributed by atoms with Gasteiger partial charge in [0.1, 0.15) is 40.4 Å². The second-order valence-electron chi connectivity index (χ2n) is 12.7. The molecule has 0 saturated carbocycles. The molecule has 278 valence electrons. The lowest BCUT2D eigenvalue weighted by atomic mass is 9.78. The Morgan fingerprint density at radius 3 is 2.52 bits per heavy atom. The van der Waals surface area contributed by atoms with Gasteiger partial charge in [-0.25, -0.2) is 13.2 Å². The number of benzene rings is 2. The number of aliphatic hydroxyl groups is 1. The van der Waals surface area contributed by atoms with E-state index in [9.17, 15) is 14.8 Å². The standard InChI is InChI=1S/C32H32ClF3N6O3S.2CH2O2/c1-31(13-41(3)7-6-17(31)11-34)15-45-30-39-27-18(29(40-30)42-8-9-44-16-32(2,43)14-42)10-20(33)24(26(27)36)25-21(35)4-5-22-23(25)19(12-37)28(38)46-22;2*2-1-3/h4-5,10-11,43H,6-9,13-16,38H2,1-3H3;2*1H,(H,2,3)/b17-11+;;/t31-,32-;;/m0../s1. The van der Waals surface area contributed by atoms with Gasteiger partial charge in [0.15, 0.2) is 5.82 Å². The average molecular weight is 765 g/mol. The number of carboxylic acid groups (broad SMARTS) is 2. The molecule has 0 aliphatic carbocycles. The quantitative estimate of drug-likeness (QED) is 0.187. The number of hydrogen-bond donors (Lipinski definition) is 4. The summed E-state index contributed by atoms with van der Waals surface area (Å²) < 4.78 is 58.6. The molecule has 2 saturated heterocycles. The number of ether oxygens (including phenoxy) is 2. The highest BCUT2D eigenvalue weighted by Gasteiger charge is 2.36. The lowest BCUT2D eigenvalue weighted by Crippen LogP contribution is -2.44. The third-order valence-electron chi connectivity index (χ3n) is 8.59. The van der Waals surface area contributed by atoms with Gasteiger partial charge in [-0.05, 0) is 44.2 Å². The Morgan fingerprint density at radius 1 is 1.17 bits per heavy atom. The van der Waals surface area contributed by atoms with Gasteiger partial charge in [-0.3, -0.25) is 9.59 Å². The summed E-state index contributed by atoms with van der Waals surface area (Å²) in [6, 6.07) is 5.90. The summed E-state index contributed by atoms with van der Waals surface area (Å²) in [5.74, 6) is -1.53. The van der Waals surface area contributed by atoms with Crippen LogP contribution in [0.15, 0.2) is 30.1 Å². The Kier molecular flexibility index (Phi) is 12.9. The minimum absolute atomic E-state index is 0.00538. The van der Waals surface area contributed by atoms with Gasteiger partial charge in [0.05, 0.1) is 36.7 Å². The van der Waals surface area contributed by atoms with Crippen molar-refractivity contribution in [3.63, 3.8) is 0 Å². The largest absolute Gasteiger partial charge is 0.483 e. The van der Waals surface area contributed by atoms with Crippen molar-refractivity contribution < 1.29 is 47.6 Å². The maximum Gasteiger partial charge on any atom is 0.319 e. The number of nitrogens with zero attached hydrogens (tertiary/aromatic N) is 5. The number of rotatable bonds is 5. The van der Waals surface area contributed by atoms with Crippen LogP contribution in [0.5, 0.6) is 6.01 Å². The van der Waals surface area contributed by atoms with Crippen LogP contribution in [0.1, 0.15) is 25.8 Å². The number of nitriles is 1. The summed E-state index contributed by atoms with van der Waals surface area (Å²) in [5.41, 5.74) is 3.97. The van der Waals surface area contributed by atoms with Gasteiger partial charge in [-0.1, -0.05) is 18.5 Å². The van der Waals surface area contributed by atoms with E-state index in [-0.39, 0.29) is 94.1 Å². The molecule has 2 aromatic carbocycles. The number of halogens is 4. The minimum atomic E-state index is -1.26. The monoisotopic (exact) mass is 764 g/mol. The smallest absolute Gasteiger partial charge is 0.319 e. The van der Waals surface area contributed by atoms with Gasteiger partial charge >= 0.3 is 6.01 Å². The highest BCUT2D eigenvalue weighted by Crippen LogP contribution is 2.46. The number of aromatic nitrogens is 2. The van der Waals surface area contributed by atoms with Crippen molar-refractivity contribution in [3.05, 3.63) is 52.3 Å². The second kappa shape index (κ2) is 16.7. The molecular weight excluding hydrogens is 729 g/mol. The molecule has 0 radical (unpaired) electrons. The predicted molar refractivity (Wildman–Crippen MR) is 190 cm³/mol. The van der Waals surface area contributed by atoms with Crippen LogP contribution in [0.25, 0.3) is 32.1 Å². The third-order valence-corrected chi connectivity index (χ3v) is 9.88. The van der Waals surface area contributed by atoms with E-state index in [0.29, 0.717) is 42.7 Å². The average Bonchev–Trinajstić information content (AvgIpc) is 3.29. The van der Waals surface area contributed by atoms with Crippen LogP contribution >= 0.6 is 22.9 Å². The lowest BCUT2D eigenvalue weighted by molar-refractivity contribution is -0.123. The molecule has 2 aliphatic heterocycles. The van der Waals surface area contributed by atoms with Gasteiger partial charge < -0.3 is 40.3 Å². The van der Waals surface area contributed by atoms with E-state index in [1.165, 1.54) is 18.2 Å². The molecule has 2 aliphatic rings. The summed E-state index contributed by atoms with van der Waals surface area (Å²) in [6.45, 7) is 4.91. The van der Waals surface area contributed by atoms with E-state index in [0.717, 1.165) is 11.3 Å². The van der Waals surface area contributed by atoms with Crippen LogP contribution < -0.4 is 15.4 Å². The van der Waals surface area contributed by atoms with Gasteiger partial charge in [-0.2, -0.15) is 15.2 Å². The van der Waals surface area contributed by atoms with Crippen LogP contribution in [0.3, 0.4) is 0 Å². The summed E-state index contributed by atoms with van der Waals surface area (Å²) in [6.07, 6.45) is 1.13. The Morgan fingerprint density at radius 2 is 1.87 bits per heavy atom. The normalized spacial score (nSPS) is 21.4. The van der Waals surface area contributed by atoms with Gasteiger partial charge in [0.2, 0.25) is 0 Å². The topological polar surface area (TPSA) is 195 Å². The first kappa shape index (κ1) is 40.0. The zero-order valence-electron chi connectivity index (χ0n) is 28.3. The number of carbonyl (C=O) groups is 2. The van der Waals surface area contributed by atoms with Gasteiger partial charge in [0.25, 0.3) is 12.9 Å². The molecule has 0 unspecified atom stereocenters. The van der Waals surface area contributed by atoms with E-state index >= 15 is 8.78 Å². The SMILES string of the molecule is CN1CC/C(=C\F)[C@](C)(COc2nc(N3CCOC[C@@](C)(O)C3)c3cc(Cl)c(-c4c(F)ccc5sc(N)c(C#N)c45)c(F)c3n2)C1.O=CO.O=CO. The predicted octanol–water partition coefficient (Wildman–Crippen LogP) is 5.46. The Balaban J connectivity index is 0.000000944. The minimum Gasteiger partial charge on any atom is -0.483 e. The zero-order valence-corrected chi connectivity index (χ0v) is 29.9. The highest BCUT2D eigenvalue weighted by atomic mass is 35.5.